The third-order valence-electron chi connectivity index (χ3n) is 6.36. The number of hydrogen-bond donors (Lipinski definition) is 0. The monoisotopic (exact) mass is 398 g/mol. The minimum atomic E-state index is 0.906. The third kappa shape index (κ3) is 2.33. The highest BCUT2D eigenvalue weighted by Crippen LogP contribution is 2.40. The Kier molecular flexibility index (Phi) is 3.23. The van der Waals surface area contributed by atoms with Crippen LogP contribution < -0.4 is 0 Å². The average Bonchev–Trinajstić information content (AvgIpc) is 3.37. The number of rotatable bonds is 1. The van der Waals surface area contributed by atoms with E-state index in [1.807, 2.05) is 12.1 Å². The first-order chi connectivity index (χ1) is 15.3. The summed E-state index contributed by atoms with van der Waals surface area (Å²) in [4.78, 5) is 0. The molecule has 0 N–H and O–H groups in total. The first-order valence-corrected chi connectivity index (χ1v) is 10.5. The molecule has 7 aromatic rings. The van der Waals surface area contributed by atoms with Crippen molar-refractivity contribution >= 4 is 54.6 Å². The standard InChI is InChI=1S/C29H18O2/c1-17-6-8-18(9-7-17)19-10-15-27-25(16-19)24-14-13-22-23(29(24)31-27)12-11-21-20-4-2-3-5-26(20)30-28(21)22/h2-16H,1H3. The summed E-state index contributed by atoms with van der Waals surface area (Å²) in [6, 6.07) is 31.9. The van der Waals surface area contributed by atoms with Gasteiger partial charge in [-0.2, -0.15) is 0 Å². The van der Waals surface area contributed by atoms with Crippen LogP contribution in [0.25, 0.3) is 65.8 Å². The molecule has 0 aliphatic heterocycles. The Morgan fingerprint density at radius 1 is 0.452 bits per heavy atom. The molecule has 0 amide bonds. The van der Waals surface area contributed by atoms with Crippen molar-refractivity contribution in [3.05, 3.63) is 96.6 Å². The second kappa shape index (κ2) is 5.99. The molecule has 0 aliphatic rings. The fourth-order valence-electron chi connectivity index (χ4n) is 4.75. The molecule has 2 aromatic heterocycles. The molecule has 0 unspecified atom stereocenters. The molecule has 146 valence electrons. The second-order valence-corrected chi connectivity index (χ2v) is 8.26. The van der Waals surface area contributed by atoms with E-state index in [2.05, 4.69) is 85.8 Å². The largest absolute Gasteiger partial charge is 0.455 e. The topological polar surface area (TPSA) is 26.3 Å². The lowest BCUT2D eigenvalue weighted by molar-refractivity contribution is 0.669. The van der Waals surface area contributed by atoms with Crippen LogP contribution in [-0.2, 0) is 0 Å². The van der Waals surface area contributed by atoms with Gasteiger partial charge < -0.3 is 8.83 Å². The van der Waals surface area contributed by atoms with Crippen LogP contribution in [0.3, 0.4) is 0 Å². The maximum Gasteiger partial charge on any atom is 0.143 e. The summed E-state index contributed by atoms with van der Waals surface area (Å²) in [6.45, 7) is 2.11. The zero-order valence-electron chi connectivity index (χ0n) is 17.0. The van der Waals surface area contributed by atoms with Crippen LogP contribution in [0, 0.1) is 6.92 Å². The van der Waals surface area contributed by atoms with E-state index in [4.69, 9.17) is 8.83 Å². The second-order valence-electron chi connectivity index (χ2n) is 8.26. The van der Waals surface area contributed by atoms with Gasteiger partial charge in [0.1, 0.15) is 22.3 Å². The van der Waals surface area contributed by atoms with E-state index < -0.39 is 0 Å². The molecule has 0 fully saturated rings. The van der Waals surface area contributed by atoms with Crippen molar-refractivity contribution in [1.29, 1.82) is 0 Å². The summed E-state index contributed by atoms with van der Waals surface area (Å²) in [5.74, 6) is 0. The number of aryl methyl sites for hydroxylation is 1. The molecule has 0 spiro atoms. The van der Waals surface area contributed by atoms with Crippen molar-refractivity contribution < 1.29 is 8.83 Å². The summed E-state index contributed by atoms with van der Waals surface area (Å²) < 4.78 is 12.6. The summed E-state index contributed by atoms with van der Waals surface area (Å²) in [7, 11) is 0. The highest BCUT2D eigenvalue weighted by molar-refractivity contribution is 6.22. The minimum absolute atomic E-state index is 0.906. The lowest BCUT2D eigenvalue weighted by Gasteiger charge is -2.02. The molecule has 31 heavy (non-hydrogen) atoms. The zero-order chi connectivity index (χ0) is 20.5. The molecule has 2 nitrogen and oxygen atoms in total. The molecule has 7 rings (SSSR count). The van der Waals surface area contributed by atoms with Crippen molar-refractivity contribution in [3.63, 3.8) is 0 Å². The molecule has 2 heteroatoms. The fraction of sp³-hybridized carbons (Fsp3) is 0.0345. The molecule has 2 heterocycles. The minimum Gasteiger partial charge on any atom is -0.455 e. The van der Waals surface area contributed by atoms with Gasteiger partial charge >= 0.3 is 0 Å². The number of furan rings is 2. The lowest BCUT2D eigenvalue weighted by Crippen LogP contribution is -1.79. The Morgan fingerprint density at radius 2 is 1.00 bits per heavy atom. The predicted molar refractivity (Wildman–Crippen MR) is 129 cm³/mol. The first kappa shape index (κ1) is 16.7. The quantitative estimate of drug-likeness (QED) is 0.277. The van der Waals surface area contributed by atoms with E-state index >= 15 is 0 Å². The van der Waals surface area contributed by atoms with Crippen molar-refractivity contribution in [2.45, 2.75) is 6.92 Å². The van der Waals surface area contributed by atoms with Crippen molar-refractivity contribution in [3.8, 4) is 11.1 Å². The molecule has 0 aliphatic carbocycles. The molecule has 5 aromatic carbocycles. The molecular formula is C29H18O2. The zero-order valence-corrected chi connectivity index (χ0v) is 17.0. The van der Waals surface area contributed by atoms with Gasteiger partial charge in [0.2, 0.25) is 0 Å². The van der Waals surface area contributed by atoms with Gasteiger partial charge in [-0.3, -0.25) is 0 Å². The van der Waals surface area contributed by atoms with E-state index in [-0.39, 0.29) is 0 Å². The van der Waals surface area contributed by atoms with Crippen LogP contribution in [0.5, 0.6) is 0 Å². The summed E-state index contributed by atoms with van der Waals surface area (Å²) in [6.07, 6.45) is 0. The van der Waals surface area contributed by atoms with Crippen molar-refractivity contribution in [1.82, 2.24) is 0 Å². The van der Waals surface area contributed by atoms with Gasteiger partial charge in [0.25, 0.3) is 0 Å². The van der Waals surface area contributed by atoms with Crippen LogP contribution >= 0.6 is 0 Å². The van der Waals surface area contributed by atoms with Gasteiger partial charge in [0.15, 0.2) is 0 Å². The number of hydrogen-bond acceptors (Lipinski definition) is 2. The highest BCUT2D eigenvalue weighted by atomic mass is 16.3. The summed E-state index contributed by atoms with van der Waals surface area (Å²) >= 11 is 0. The number of para-hydroxylation sites is 1. The maximum absolute atomic E-state index is 6.36. The first-order valence-electron chi connectivity index (χ1n) is 10.5. The Morgan fingerprint density at radius 3 is 1.71 bits per heavy atom. The van der Waals surface area contributed by atoms with Crippen LogP contribution in [0.1, 0.15) is 5.56 Å². The van der Waals surface area contributed by atoms with Gasteiger partial charge in [-0.25, -0.2) is 0 Å². The smallest absolute Gasteiger partial charge is 0.143 e. The Bertz CT molecular complexity index is 1780. The molecular weight excluding hydrogens is 380 g/mol. The van der Waals surface area contributed by atoms with Gasteiger partial charge in [0, 0.05) is 32.3 Å². The number of benzene rings is 5. The molecule has 0 saturated carbocycles. The lowest BCUT2D eigenvalue weighted by atomic mass is 10.00. The molecule has 0 saturated heterocycles. The van der Waals surface area contributed by atoms with E-state index in [0.717, 1.165) is 54.6 Å². The molecule has 0 radical (unpaired) electrons. The van der Waals surface area contributed by atoms with E-state index in [1.165, 1.54) is 16.7 Å². The van der Waals surface area contributed by atoms with Crippen molar-refractivity contribution in [2.24, 2.45) is 0 Å². The molecule has 0 atom stereocenters. The van der Waals surface area contributed by atoms with Crippen molar-refractivity contribution in [2.75, 3.05) is 0 Å². The van der Waals surface area contributed by atoms with E-state index in [0.29, 0.717) is 0 Å². The number of fused-ring (bicyclic) bond motifs is 9. The van der Waals surface area contributed by atoms with Gasteiger partial charge in [-0.15, -0.1) is 0 Å². The average molecular weight is 398 g/mol. The Labute approximate surface area is 178 Å². The Hall–Kier alpha value is -4.04. The molecule has 0 bridgehead atoms. The Balaban J connectivity index is 1.52. The van der Waals surface area contributed by atoms with Gasteiger partial charge in [-0.1, -0.05) is 54.1 Å². The van der Waals surface area contributed by atoms with Crippen LogP contribution in [0.2, 0.25) is 0 Å². The van der Waals surface area contributed by atoms with Gasteiger partial charge in [-0.05, 0) is 60.5 Å². The summed E-state index contributed by atoms with van der Waals surface area (Å²) in [5, 5.41) is 6.72. The third-order valence-corrected chi connectivity index (χ3v) is 6.36. The van der Waals surface area contributed by atoms with Gasteiger partial charge in [0.05, 0.1) is 0 Å². The van der Waals surface area contributed by atoms with Crippen LogP contribution in [-0.4, -0.2) is 0 Å². The van der Waals surface area contributed by atoms with Crippen LogP contribution in [0.4, 0.5) is 0 Å². The normalized spacial score (nSPS) is 12.0. The summed E-state index contributed by atoms with van der Waals surface area (Å²) in [5.41, 5.74) is 7.33. The van der Waals surface area contributed by atoms with E-state index in [9.17, 15) is 0 Å². The predicted octanol–water partition coefficient (Wildman–Crippen LogP) is 8.61. The van der Waals surface area contributed by atoms with E-state index in [1.54, 1.807) is 0 Å². The maximum atomic E-state index is 6.36. The fourth-order valence-corrected chi connectivity index (χ4v) is 4.75. The highest BCUT2D eigenvalue weighted by Gasteiger charge is 2.15. The SMILES string of the molecule is Cc1ccc(-c2ccc3oc4c(ccc5c4ccc4c6ccccc6oc45)c3c2)cc1. The van der Waals surface area contributed by atoms with Crippen LogP contribution in [0.15, 0.2) is 99.8 Å².